The predicted molar refractivity (Wildman–Crippen MR) is 136 cm³/mol. The zero-order valence-corrected chi connectivity index (χ0v) is 21.1. The fraction of sp³-hybridized carbons (Fsp3) is 0.370. The minimum absolute atomic E-state index is 0.165. The van der Waals surface area contributed by atoms with Crippen molar-refractivity contribution in [3.63, 3.8) is 0 Å². The van der Waals surface area contributed by atoms with Gasteiger partial charge in [0, 0.05) is 17.1 Å². The van der Waals surface area contributed by atoms with Gasteiger partial charge in [0.25, 0.3) is 5.56 Å². The van der Waals surface area contributed by atoms with Crippen molar-refractivity contribution < 1.29 is 14.7 Å². The van der Waals surface area contributed by atoms with Crippen LogP contribution in [0.4, 0.5) is 0 Å². The second-order valence-electron chi connectivity index (χ2n) is 9.27. The second kappa shape index (κ2) is 10.8. The first-order valence-electron chi connectivity index (χ1n) is 11.4. The number of carbonyl (C=O) groups excluding carboxylic acids is 1. The number of aliphatic carboxylic acids is 1. The molecule has 1 amide bonds. The molecule has 0 saturated carbocycles. The normalized spacial score (nSPS) is 13.0. The second-order valence-corrected chi connectivity index (χ2v) is 10.2. The van der Waals surface area contributed by atoms with E-state index in [4.69, 9.17) is 0 Å². The summed E-state index contributed by atoms with van der Waals surface area (Å²) >= 11 is 1.53. The number of carbonyl (C=O) groups is 2. The van der Waals surface area contributed by atoms with Gasteiger partial charge in [0.1, 0.15) is 6.04 Å². The van der Waals surface area contributed by atoms with Gasteiger partial charge >= 0.3 is 5.97 Å². The van der Waals surface area contributed by atoms with E-state index >= 15 is 0 Å². The van der Waals surface area contributed by atoms with E-state index in [1.807, 2.05) is 64.3 Å². The summed E-state index contributed by atoms with van der Waals surface area (Å²) in [5.74, 6) is -1.19. The lowest BCUT2D eigenvalue weighted by Crippen LogP contribution is -2.40. The lowest BCUT2D eigenvalue weighted by molar-refractivity contribution is -0.138. The minimum Gasteiger partial charge on any atom is -0.481 e. The van der Waals surface area contributed by atoms with Crippen LogP contribution >= 0.6 is 11.3 Å². The number of carboxylic acid groups (broad SMARTS) is 1. The van der Waals surface area contributed by atoms with Crippen molar-refractivity contribution in [2.24, 2.45) is 5.92 Å². The minimum atomic E-state index is -1.00. The highest BCUT2D eigenvalue weighted by Crippen LogP contribution is 2.35. The van der Waals surface area contributed by atoms with Gasteiger partial charge in [-0.25, -0.2) is 0 Å². The molecule has 0 aliphatic carbocycles. The molecule has 0 bridgehead atoms. The van der Waals surface area contributed by atoms with Gasteiger partial charge in [-0.3, -0.25) is 14.4 Å². The standard InChI is InChI=1S/C27H32N2O4S/c1-16(2)11-22(29-10-9-17(3)12-24(29)30)27(33)28-21(14-25(31)32)20-13-23(34-15-20)26-18(4)7-6-8-19(26)5/h6-10,12-13,15-16,21-22H,11,14H2,1-5H3,(H,28,33)(H,31,32). The van der Waals surface area contributed by atoms with Crippen LogP contribution in [0.1, 0.15) is 61.0 Å². The van der Waals surface area contributed by atoms with E-state index < -0.39 is 18.1 Å². The number of aryl methyl sites for hydroxylation is 3. The quantitative estimate of drug-likeness (QED) is 0.428. The van der Waals surface area contributed by atoms with E-state index in [1.54, 1.807) is 12.3 Å². The molecule has 2 N–H and O–H groups in total. The molecule has 34 heavy (non-hydrogen) atoms. The first-order chi connectivity index (χ1) is 16.1. The fourth-order valence-corrected chi connectivity index (χ4v) is 5.34. The number of aromatic nitrogens is 1. The summed E-state index contributed by atoms with van der Waals surface area (Å²) < 4.78 is 1.44. The molecule has 0 aliphatic heterocycles. The summed E-state index contributed by atoms with van der Waals surface area (Å²) in [7, 11) is 0. The number of pyridine rings is 1. The third-order valence-electron chi connectivity index (χ3n) is 5.88. The van der Waals surface area contributed by atoms with Crippen LogP contribution in [0.3, 0.4) is 0 Å². The highest BCUT2D eigenvalue weighted by molar-refractivity contribution is 7.13. The van der Waals surface area contributed by atoms with Gasteiger partial charge < -0.3 is 15.0 Å². The van der Waals surface area contributed by atoms with Gasteiger partial charge in [0.05, 0.1) is 12.5 Å². The smallest absolute Gasteiger partial charge is 0.305 e. The summed E-state index contributed by atoms with van der Waals surface area (Å²) in [6, 6.07) is 9.96. The Morgan fingerprint density at radius 1 is 1.09 bits per heavy atom. The zero-order chi connectivity index (χ0) is 25.0. The van der Waals surface area contributed by atoms with Gasteiger partial charge in [-0.1, -0.05) is 32.0 Å². The maximum atomic E-state index is 13.4. The van der Waals surface area contributed by atoms with Gasteiger partial charge in [-0.2, -0.15) is 0 Å². The van der Waals surface area contributed by atoms with E-state index in [0.29, 0.717) is 6.42 Å². The number of hydrogen-bond donors (Lipinski definition) is 2. The third-order valence-corrected chi connectivity index (χ3v) is 6.85. The summed E-state index contributed by atoms with van der Waals surface area (Å²) in [6.45, 7) is 9.91. The first-order valence-corrected chi connectivity index (χ1v) is 12.3. The van der Waals surface area contributed by atoms with Crippen molar-refractivity contribution in [1.82, 2.24) is 9.88 Å². The van der Waals surface area contributed by atoms with E-state index in [-0.39, 0.29) is 23.8 Å². The Kier molecular flexibility index (Phi) is 8.10. The molecule has 1 aromatic carbocycles. The Labute approximate surface area is 204 Å². The largest absolute Gasteiger partial charge is 0.481 e. The molecule has 0 spiro atoms. The average molecular weight is 481 g/mol. The molecule has 0 radical (unpaired) electrons. The van der Waals surface area contributed by atoms with Crippen LogP contribution in [-0.4, -0.2) is 21.6 Å². The zero-order valence-electron chi connectivity index (χ0n) is 20.3. The molecule has 3 rings (SSSR count). The van der Waals surface area contributed by atoms with Gasteiger partial charge in [-0.05, 0) is 78.4 Å². The number of thiophene rings is 1. The summed E-state index contributed by atoms with van der Waals surface area (Å²) in [5, 5.41) is 14.4. The number of benzene rings is 1. The van der Waals surface area contributed by atoms with E-state index in [0.717, 1.165) is 32.7 Å². The molecule has 2 heterocycles. The Morgan fingerprint density at radius 3 is 2.35 bits per heavy atom. The molecule has 180 valence electrons. The molecule has 2 atom stereocenters. The maximum absolute atomic E-state index is 13.4. The highest BCUT2D eigenvalue weighted by Gasteiger charge is 2.27. The molecular weight excluding hydrogens is 448 g/mol. The molecule has 3 aromatic rings. The number of rotatable bonds is 9. The molecule has 2 unspecified atom stereocenters. The lowest BCUT2D eigenvalue weighted by atomic mass is 9.99. The molecule has 0 aliphatic rings. The van der Waals surface area contributed by atoms with Crippen LogP contribution in [0, 0.1) is 26.7 Å². The maximum Gasteiger partial charge on any atom is 0.305 e. The average Bonchev–Trinajstić information content (AvgIpc) is 3.21. The van der Waals surface area contributed by atoms with Crippen LogP contribution in [-0.2, 0) is 9.59 Å². The van der Waals surface area contributed by atoms with Gasteiger partial charge in [0.15, 0.2) is 0 Å². The molecule has 7 heteroatoms. The fourth-order valence-electron chi connectivity index (χ4n) is 4.20. The number of nitrogens with zero attached hydrogens (tertiary/aromatic N) is 1. The van der Waals surface area contributed by atoms with Crippen molar-refractivity contribution in [3.05, 3.63) is 80.6 Å². The van der Waals surface area contributed by atoms with Crippen LogP contribution in [0.5, 0.6) is 0 Å². The summed E-state index contributed by atoms with van der Waals surface area (Å²) in [5.41, 5.74) is 4.74. The van der Waals surface area contributed by atoms with E-state index in [9.17, 15) is 19.5 Å². The van der Waals surface area contributed by atoms with Crippen LogP contribution < -0.4 is 10.9 Å². The number of carboxylic acids is 1. The Bertz CT molecular complexity index is 1220. The van der Waals surface area contributed by atoms with Crippen molar-refractivity contribution in [3.8, 4) is 10.4 Å². The highest BCUT2D eigenvalue weighted by atomic mass is 32.1. The summed E-state index contributed by atoms with van der Waals surface area (Å²) in [4.78, 5) is 38.7. The molecule has 0 fully saturated rings. The number of nitrogens with one attached hydrogen (secondary N) is 1. The SMILES string of the molecule is Cc1ccn(C(CC(C)C)C(=O)NC(CC(=O)O)c2csc(-c3c(C)cccc3C)c2)c(=O)c1. The van der Waals surface area contributed by atoms with Crippen molar-refractivity contribution >= 4 is 23.2 Å². The van der Waals surface area contributed by atoms with Crippen LogP contribution in [0.25, 0.3) is 10.4 Å². The Balaban J connectivity index is 1.94. The van der Waals surface area contributed by atoms with Crippen molar-refractivity contribution in [2.75, 3.05) is 0 Å². The van der Waals surface area contributed by atoms with Crippen molar-refractivity contribution in [1.29, 1.82) is 0 Å². The Morgan fingerprint density at radius 2 is 1.76 bits per heavy atom. The summed E-state index contributed by atoms with van der Waals surface area (Å²) in [6.07, 6.45) is 1.86. The molecule has 0 saturated heterocycles. The van der Waals surface area contributed by atoms with E-state index in [2.05, 4.69) is 5.32 Å². The third kappa shape index (κ3) is 6.03. The van der Waals surface area contributed by atoms with Crippen LogP contribution in [0.15, 0.2) is 52.8 Å². The molecule has 6 nitrogen and oxygen atoms in total. The first kappa shape index (κ1) is 25.4. The lowest BCUT2D eigenvalue weighted by Gasteiger charge is -2.24. The van der Waals surface area contributed by atoms with E-state index in [1.165, 1.54) is 22.0 Å². The number of amides is 1. The number of hydrogen-bond acceptors (Lipinski definition) is 4. The topological polar surface area (TPSA) is 88.4 Å². The predicted octanol–water partition coefficient (Wildman–Crippen LogP) is 5.42. The Hall–Kier alpha value is -3.19. The molecular formula is C27H32N2O4S. The van der Waals surface area contributed by atoms with Gasteiger partial charge in [-0.15, -0.1) is 11.3 Å². The van der Waals surface area contributed by atoms with Crippen LogP contribution in [0.2, 0.25) is 0 Å². The molecule has 2 aromatic heterocycles. The van der Waals surface area contributed by atoms with Gasteiger partial charge in [0.2, 0.25) is 5.91 Å². The van der Waals surface area contributed by atoms with Crippen molar-refractivity contribution in [2.45, 2.75) is 59.5 Å². The monoisotopic (exact) mass is 480 g/mol.